The molecule has 1 heterocycles. The Kier molecular flexibility index (Phi) is 23.0. The Bertz CT molecular complexity index is 698. The topological polar surface area (TPSA) is 300 Å². The normalized spacial score (nSPS) is 13.9. The second kappa shape index (κ2) is 22.1. The monoisotopic (exact) mass is 539 g/mol. The van der Waals surface area contributed by atoms with Crippen molar-refractivity contribution < 1.29 is 44.0 Å². The largest absolute Gasteiger partial charge is 0.549 e. The van der Waals surface area contributed by atoms with E-state index in [2.05, 4.69) is 37.2 Å². The van der Waals surface area contributed by atoms with Crippen LogP contribution in [-0.2, 0) is 19.1 Å². The molecular formula is C20H45N9O8. The first-order valence-corrected chi connectivity index (χ1v) is 11.2. The molecule has 1 rings (SSSR count). The number of rotatable bonds is 12. The van der Waals surface area contributed by atoms with Crippen molar-refractivity contribution in [3.63, 3.8) is 0 Å². The number of carboxylic acid groups (broad SMARTS) is 2. The smallest absolute Gasteiger partial charge is 0.320 e. The third kappa shape index (κ3) is 30.9. The molecule has 0 radical (unpaired) electrons. The summed E-state index contributed by atoms with van der Waals surface area (Å²) in [5.74, 6) is -2.11. The molecule has 1 aliphatic heterocycles. The van der Waals surface area contributed by atoms with E-state index in [1.54, 1.807) is 11.9 Å². The van der Waals surface area contributed by atoms with Crippen molar-refractivity contribution in [2.75, 3.05) is 74.2 Å². The lowest BCUT2D eigenvalue weighted by molar-refractivity contribution is -0.870. The number of aliphatic imine (C=N–C) groups is 1. The number of guanidine groups is 2. The van der Waals surface area contributed by atoms with Crippen LogP contribution in [0, 0.1) is 5.41 Å². The van der Waals surface area contributed by atoms with Crippen LogP contribution in [0.2, 0.25) is 0 Å². The second-order valence-corrected chi connectivity index (χ2v) is 8.65. The fourth-order valence-corrected chi connectivity index (χ4v) is 1.81. The standard InChI is InChI=1S/C8H20NO3.C6H14N4O2.C4H7N3O.C2H5NO2/c1-9(2,3)4-5-12-7-8(11)6-10;7-4(5(11)12)2-1-3-10-6(8)9;1-7-2-3(8)6-4(7)5;3-1-2(4)5/h8,10-11H,4-7H2,1-3H3;4H,1-3,7H2,(H,11,12)(H4,8,9,10);2H2,1H3,(H2,5,6,8);1,3H2,(H,4,5)/q+1;;;/p-1/t;4-;;/m.0../s1. The van der Waals surface area contributed by atoms with Crippen molar-refractivity contribution in [2.45, 2.75) is 25.0 Å². The Morgan fingerprint density at radius 3 is 2.16 bits per heavy atom. The summed E-state index contributed by atoms with van der Waals surface area (Å²) in [6.07, 6.45) is 0.217. The molecule has 0 aromatic carbocycles. The third-order valence-electron chi connectivity index (χ3n) is 3.90. The maximum atomic E-state index is 10.4. The molecule has 2 atom stereocenters. The fraction of sp³-hybridized carbons (Fsp3) is 0.750. The maximum Gasteiger partial charge on any atom is 0.320 e. The van der Waals surface area contributed by atoms with Gasteiger partial charge in [-0.05, 0) is 12.8 Å². The van der Waals surface area contributed by atoms with Gasteiger partial charge in [0, 0.05) is 20.1 Å². The van der Waals surface area contributed by atoms with Crippen LogP contribution >= 0.6 is 0 Å². The SMILES string of the molecule is CN1CC(=O)NC1=N.C[N+](C)(C)CCOCC(O)CO.NC(N)=NCCC[C@H](N)C(=O)O.NCC(=O)[O-]. The van der Waals surface area contributed by atoms with E-state index in [1.165, 1.54) is 0 Å². The van der Waals surface area contributed by atoms with E-state index in [9.17, 15) is 9.59 Å². The third-order valence-corrected chi connectivity index (χ3v) is 3.90. The number of ether oxygens (including phenoxy) is 1. The molecule has 17 heteroatoms. The van der Waals surface area contributed by atoms with E-state index in [4.69, 9.17) is 52.6 Å². The number of hydrogen-bond acceptors (Lipinski definition) is 11. The van der Waals surface area contributed by atoms with Crippen molar-refractivity contribution in [3.05, 3.63) is 0 Å². The minimum absolute atomic E-state index is 0.0129. The summed E-state index contributed by atoms with van der Waals surface area (Å²) in [6.45, 7) is 1.85. The van der Waals surface area contributed by atoms with Gasteiger partial charge in [0.2, 0.25) is 5.91 Å². The fourth-order valence-electron chi connectivity index (χ4n) is 1.81. The van der Waals surface area contributed by atoms with Crippen molar-refractivity contribution in [2.24, 2.45) is 27.9 Å². The molecule has 0 aromatic heterocycles. The number of likely N-dealkylation sites (N-methyl/N-ethyl adjacent to an activating group) is 2. The highest BCUT2D eigenvalue weighted by molar-refractivity contribution is 6.02. The van der Waals surface area contributed by atoms with E-state index in [-0.39, 0.29) is 37.6 Å². The molecule has 0 aromatic rings. The van der Waals surface area contributed by atoms with Gasteiger partial charge in [-0.1, -0.05) is 0 Å². The Hall–Kier alpha value is -3.09. The summed E-state index contributed by atoms with van der Waals surface area (Å²) in [4.78, 5) is 34.9. The molecule has 1 aliphatic rings. The maximum absolute atomic E-state index is 10.4. The summed E-state index contributed by atoms with van der Waals surface area (Å²) < 4.78 is 5.98. The number of hydrogen-bond donors (Lipinski definition) is 9. The average Bonchev–Trinajstić information content (AvgIpc) is 3.08. The van der Waals surface area contributed by atoms with Crippen LogP contribution in [0.5, 0.6) is 0 Å². The molecule has 13 N–H and O–H groups in total. The van der Waals surface area contributed by atoms with Crippen molar-refractivity contribution in [3.8, 4) is 0 Å². The molecule has 1 amide bonds. The molecule has 0 bridgehead atoms. The number of aliphatic hydroxyl groups is 2. The van der Waals surface area contributed by atoms with E-state index in [0.29, 0.717) is 32.5 Å². The summed E-state index contributed by atoms with van der Waals surface area (Å²) in [6, 6.07) is -0.820. The lowest BCUT2D eigenvalue weighted by atomic mass is 10.2. The van der Waals surface area contributed by atoms with E-state index < -0.39 is 24.1 Å². The second-order valence-electron chi connectivity index (χ2n) is 8.65. The van der Waals surface area contributed by atoms with E-state index >= 15 is 0 Å². The van der Waals surface area contributed by atoms with Gasteiger partial charge in [-0.15, -0.1) is 0 Å². The number of carboxylic acids is 2. The number of nitrogens with one attached hydrogen (secondary N) is 2. The Balaban J connectivity index is -0.000000435. The molecule has 1 fully saturated rings. The van der Waals surface area contributed by atoms with Crippen molar-refractivity contribution >= 4 is 29.8 Å². The zero-order valence-corrected chi connectivity index (χ0v) is 22.1. The van der Waals surface area contributed by atoms with Crippen LogP contribution in [0.4, 0.5) is 0 Å². The van der Waals surface area contributed by atoms with Gasteiger partial charge in [-0.25, -0.2) is 0 Å². The highest BCUT2D eigenvalue weighted by Gasteiger charge is 2.18. The summed E-state index contributed by atoms with van der Waals surface area (Å²) in [5.41, 5.74) is 19.8. The first-order valence-electron chi connectivity index (χ1n) is 11.2. The van der Waals surface area contributed by atoms with Crippen LogP contribution in [0.25, 0.3) is 0 Å². The minimum atomic E-state index is -1.22. The molecule has 17 nitrogen and oxygen atoms in total. The summed E-state index contributed by atoms with van der Waals surface area (Å²) in [7, 11) is 7.92. The Labute approximate surface area is 217 Å². The lowest BCUT2D eigenvalue weighted by Gasteiger charge is -2.23. The summed E-state index contributed by atoms with van der Waals surface area (Å²) >= 11 is 0. The summed E-state index contributed by atoms with van der Waals surface area (Å²) in [5, 5.41) is 44.2. The number of nitrogens with two attached hydrogens (primary N) is 4. The molecule has 1 unspecified atom stereocenters. The van der Waals surface area contributed by atoms with Gasteiger partial charge in [0.25, 0.3) is 0 Å². The van der Waals surface area contributed by atoms with E-state index in [0.717, 1.165) is 11.0 Å². The zero-order valence-electron chi connectivity index (χ0n) is 22.1. The molecule has 1 saturated heterocycles. The molecule has 37 heavy (non-hydrogen) atoms. The average molecular weight is 540 g/mol. The quantitative estimate of drug-likeness (QED) is 0.0483. The van der Waals surface area contributed by atoms with Gasteiger partial charge in [0.1, 0.15) is 18.7 Å². The van der Waals surface area contributed by atoms with Gasteiger partial charge in [0.15, 0.2) is 11.9 Å². The number of carbonyl (C=O) groups is 3. The number of amides is 1. The van der Waals surface area contributed by atoms with Gasteiger partial charge < -0.3 is 62.3 Å². The molecule has 0 saturated carbocycles. The molecule has 218 valence electrons. The highest BCUT2D eigenvalue weighted by atomic mass is 16.5. The molecule has 0 aliphatic carbocycles. The van der Waals surface area contributed by atoms with Gasteiger partial charge >= 0.3 is 5.97 Å². The highest BCUT2D eigenvalue weighted by Crippen LogP contribution is 1.94. The lowest BCUT2D eigenvalue weighted by Crippen LogP contribution is -2.38. The number of aliphatic hydroxyl groups excluding tert-OH is 2. The van der Waals surface area contributed by atoms with Crippen molar-refractivity contribution in [1.82, 2.24) is 10.2 Å². The predicted octanol–water partition coefficient (Wildman–Crippen LogP) is -5.81. The van der Waals surface area contributed by atoms with Crippen LogP contribution in [0.3, 0.4) is 0 Å². The van der Waals surface area contributed by atoms with E-state index in [1.807, 2.05) is 0 Å². The van der Waals surface area contributed by atoms with Gasteiger partial charge in [-0.3, -0.25) is 25.3 Å². The van der Waals surface area contributed by atoms with Crippen LogP contribution in [-0.4, -0.2) is 141 Å². The van der Waals surface area contributed by atoms with Crippen LogP contribution in [0.15, 0.2) is 4.99 Å². The zero-order chi connectivity index (χ0) is 29.6. The first-order chi connectivity index (χ1) is 17.0. The van der Waals surface area contributed by atoms with Crippen molar-refractivity contribution in [1.29, 1.82) is 5.41 Å². The molecular weight excluding hydrogens is 494 g/mol. The van der Waals surface area contributed by atoms with Crippen LogP contribution < -0.4 is 33.4 Å². The number of aliphatic carboxylic acids is 2. The number of carbonyl (C=O) groups excluding carboxylic acids is 2. The Morgan fingerprint density at radius 2 is 1.86 bits per heavy atom. The minimum Gasteiger partial charge on any atom is -0.549 e. The Morgan fingerprint density at radius 1 is 1.32 bits per heavy atom. The van der Waals surface area contributed by atoms with Gasteiger partial charge in [0.05, 0.1) is 53.5 Å². The predicted molar refractivity (Wildman–Crippen MR) is 135 cm³/mol. The van der Waals surface area contributed by atoms with Gasteiger partial charge in [-0.2, -0.15) is 0 Å². The number of quaternary nitrogens is 1. The van der Waals surface area contributed by atoms with Crippen LogP contribution in [0.1, 0.15) is 12.8 Å². The number of nitrogens with zero attached hydrogens (tertiary/aromatic N) is 3. The first kappa shape index (κ1) is 38.4. The molecule has 0 spiro atoms.